The summed E-state index contributed by atoms with van der Waals surface area (Å²) in [6.45, 7) is 1.04. The fourth-order valence-corrected chi connectivity index (χ4v) is 2.81. The van der Waals surface area contributed by atoms with E-state index >= 15 is 0 Å². The van der Waals surface area contributed by atoms with Crippen LogP contribution in [0.3, 0.4) is 0 Å². The molecule has 23 heavy (non-hydrogen) atoms. The molecule has 1 heterocycles. The van der Waals surface area contributed by atoms with Gasteiger partial charge in [0.1, 0.15) is 5.66 Å². The van der Waals surface area contributed by atoms with Gasteiger partial charge in [-0.25, -0.2) is 4.99 Å². The van der Waals surface area contributed by atoms with Gasteiger partial charge >= 0.3 is 0 Å². The lowest BCUT2D eigenvalue weighted by atomic mass is 10.0. The molecule has 0 spiro atoms. The maximum atomic E-state index is 6.36. The molecular weight excluding hydrogens is 333 g/mol. The van der Waals surface area contributed by atoms with Crippen LogP contribution in [0, 0.1) is 0 Å². The van der Waals surface area contributed by atoms with Crippen molar-refractivity contribution in [3.05, 3.63) is 40.5 Å². The molecule has 0 aliphatic carbocycles. The number of nitrogens with zero attached hydrogens (tertiary/aromatic N) is 2. The quantitative estimate of drug-likeness (QED) is 0.685. The number of rotatable bonds is 6. The smallest absolute Gasteiger partial charge is 0.202 e. The Morgan fingerprint density at radius 1 is 1.26 bits per heavy atom. The number of nitrogens with one attached hydrogen (secondary N) is 2. The van der Waals surface area contributed by atoms with E-state index < -0.39 is 5.66 Å². The molecule has 1 aliphatic rings. The zero-order chi connectivity index (χ0) is 16.9. The molecule has 0 radical (unpaired) electrons. The average molecular weight is 356 g/mol. The first-order valence-electron chi connectivity index (χ1n) is 7.58. The summed E-state index contributed by atoms with van der Waals surface area (Å²) in [6.07, 6.45) is 6.54. The highest BCUT2D eigenvalue weighted by Crippen LogP contribution is 2.30. The molecule has 0 aromatic heterocycles. The van der Waals surface area contributed by atoms with Crippen LogP contribution in [0.25, 0.3) is 0 Å². The van der Waals surface area contributed by atoms with Gasteiger partial charge in [-0.15, -0.1) is 0 Å². The fourth-order valence-electron chi connectivity index (χ4n) is 2.32. The lowest BCUT2D eigenvalue weighted by Gasteiger charge is -2.27. The molecule has 1 aromatic rings. The molecule has 4 N–H and O–H groups in total. The minimum Gasteiger partial charge on any atom is -0.333 e. The molecule has 1 unspecified atom stereocenters. The molecule has 2 rings (SSSR count). The highest BCUT2D eigenvalue weighted by molar-refractivity contribution is 6.39. The fraction of sp³-hybridized carbons (Fsp3) is 0.438. The van der Waals surface area contributed by atoms with E-state index in [2.05, 4.69) is 34.6 Å². The molecule has 0 amide bonds. The van der Waals surface area contributed by atoms with Crippen LogP contribution in [0.1, 0.15) is 19.3 Å². The van der Waals surface area contributed by atoms with E-state index in [0.29, 0.717) is 21.7 Å². The number of benzene rings is 1. The van der Waals surface area contributed by atoms with Crippen LogP contribution in [-0.2, 0) is 0 Å². The monoisotopic (exact) mass is 355 g/mol. The second kappa shape index (κ2) is 8.02. The first kappa shape index (κ1) is 18.1. The van der Waals surface area contributed by atoms with Gasteiger partial charge in [-0.2, -0.15) is 0 Å². The van der Waals surface area contributed by atoms with Crippen LogP contribution >= 0.6 is 23.2 Å². The minimum absolute atomic E-state index is 0.533. The van der Waals surface area contributed by atoms with Gasteiger partial charge in [0.05, 0.1) is 15.7 Å². The number of guanidine groups is 1. The number of nitrogens with two attached hydrogens (primary N) is 1. The standard InChI is InChI=1S/C16H23Cl2N5/c1-23(2)11-4-3-8-16(19)9-10-20-15(22-16)21-14-12(17)6-5-7-13(14)18/h5-7,9-10H,3-4,8,11,19H2,1-2H3,(H2,20,21,22). The molecule has 1 atom stereocenters. The third-order valence-corrected chi connectivity index (χ3v) is 4.18. The number of halogens is 2. The van der Waals surface area contributed by atoms with Gasteiger partial charge in [-0.05, 0) is 58.1 Å². The van der Waals surface area contributed by atoms with Crippen LogP contribution in [0.4, 0.5) is 5.69 Å². The zero-order valence-corrected chi connectivity index (χ0v) is 15.0. The number of aliphatic imine (C=N–C) groups is 1. The van der Waals surface area contributed by atoms with Crippen molar-refractivity contribution in [2.45, 2.75) is 24.9 Å². The molecule has 0 bridgehead atoms. The van der Waals surface area contributed by atoms with E-state index in [0.717, 1.165) is 25.8 Å². The van der Waals surface area contributed by atoms with E-state index in [9.17, 15) is 0 Å². The lowest BCUT2D eigenvalue weighted by molar-refractivity contribution is 0.376. The molecule has 1 aromatic carbocycles. The average Bonchev–Trinajstić information content (AvgIpc) is 2.48. The highest BCUT2D eigenvalue weighted by atomic mass is 35.5. The molecule has 0 saturated carbocycles. The van der Waals surface area contributed by atoms with Gasteiger partial charge in [0.15, 0.2) is 0 Å². The van der Waals surface area contributed by atoms with Crippen LogP contribution < -0.4 is 16.4 Å². The van der Waals surface area contributed by atoms with Crippen molar-refractivity contribution in [1.29, 1.82) is 0 Å². The Hall–Kier alpha value is -1.27. The number of hydrogen-bond donors (Lipinski definition) is 3. The minimum atomic E-state index is -0.715. The molecule has 5 nitrogen and oxygen atoms in total. The Balaban J connectivity index is 2.01. The summed E-state index contributed by atoms with van der Waals surface area (Å²) >= 11 is 12.3. The molecule has 126 valence electrons. The van der Waals surface area contributed by atoms with Crippen molar-refractivity contribution in [2.24, 2.45) is 10.7 Å². The first-order chi connectivity index (χ1) is 10.9. The van der Waals surface area contributed by atoms with Crippen molar-refractivity contribution < 1.29 is 0 Å². The van der Waals surface area contributed by atoms with Crippen LogP contribution in [0.5, 0.6) is 0 Å². The second-order valence-electron chi connectivity index (χ2n) is 5.91. The summed E-state index contributed by atoms with van der Waals surface area (Å²) in [5.41, 5.74) is 6.27. The molecular formula is C16H23Cl2N5. The number of hydrogen-bond acceptors (Lipinski definition) is 5. The van der Waals surface area contributed by atoms with Crippen LogP contribution in [-0.4, -0.2) is 37.2 Å². The predicted molar refractivity (Wildman–Crippen MR) is 99.1 cm³/mol. The van der Waals surface area contributed by atoms with E-state index in [1.54, 1.807) is 24.4 Å². The molecule has 0 fully saturated rings. The Kier molecular flexibility index (Phi) is 6.30. The van der Waals surface area contributed by atoms with Crippen molar-refractivity contribution in [1.82, 2.24) is 10.2 Å². The SMILES string of the molecule is CN(C)CCCCC1(N)C=CNC(Nc2c(Cl)cccc2Cl)=N1. The van der Waals surface area contributed by atoms with Crippen molar-refractivity contribution in [3.63, 3.8) is 0 Å². The number of para-hydroxylation sites is 1. The van der Waals surface area contributed by atoms with Crippen LogP contribution in [0.2, 0.25) is 10.0 Å². The lowest BCUT2D eigenvalue weighted by Crippen LogP contribution is -2.44. The largest absolute Gasteiger partial charge is 0.333 e. The normalized spacial score (nSPS) is 20.3. The van der Waals surface area contributed by atoms with Gasteiger partial charge in [-0.3, -0.25) is 0 Å². The molecule has 0 saturated heterocycles. The third-order valence-electron chi connectivity index (χ3n) is 3.55. The Morgan fingerprint density at radius 3 is 2.61 bits per heavy atom. The third kappa shape index (κ3) is 5.39. The van der Waals surface area contributed by atoms with Gasteiger partial charge in [0, 0.05) is 6.20 Å². The van der Waals surface area contributed by atoms with E-state index in [4.69, 9.17) is 28.9 Å². The predicted octanol–water partition coefficient (Wildman–Crippen LogP) is 3.27. The zero-order valence-electron chi connectivity index (χ0n) is 13.4. The maximum Gasteiger partial charge on any atom is 0.202 e. The Bertz CT molecular complexity index is 580. The summed E-state index contributed by atoms with van der Waals surface area (Å²) in [5, 5.41) is 7.22. The molecule has 1 aliphatic heterocycles. The van der Waals surface area contributed by atoms with Crippen molar-refractivity contribution in [2.75, 3.05) is 26.0 Å². The van der Waals surface area contributed by atoms with Gasteiger partial charge in [-0.1, -0.05) is 29.3 Å². The van der Waals surface area contributed by atoms with Crippen molar-refractivity contribution in [3.8, 4) is 0 Å². The van der Waals surface area contributed by atoms with E-state index in [-0.39, 0.29) is 0 Å². The van der Waals surface area contributed by atoms with E-state index in [1.165, 1.54) is 0 Å². The summed E-state index contributed by atoms with van der Waals surface area (Å²) in [4.78, 5) is 6.73. The summed E-state index contributed by atoms with van der Waals surface area (Å²) in [5.74, 6) is 0.539. The van der Waals surface area contributed by atoms with Crippen molar-refractivity contribution >= 4 is 34.8 Å². The Morgan fingerprint density at radius 2 is 1.96 bits per heavy atom. The van der Waals surface area contributed by atoms with Crippen LogP contribution in [0.15, 0.2) is 35.5 Å². The Labute approximate surface area is 147 Å². The first-order valence-corrected chi connectivity index (χ1v) is 8.34. The van der Waals surface area contributed by atoms with Gasteiger partial charge < -0.3 is 21.3 Å². The number of anilines is 1. The second-order valence-corrected chi connectivity index (χ2v) is 6.73. The van der Waals surface area contributed by atoms with Gasteiger partial charge in [0.2, 0.25) is 5.96 Å². The van der Waals surface area contributed by atoms with Gasteiger partial charge in [0.25, 0.3) is 0 Å². The maximum absolute atomic E-state index is 6.36. The summed E-state index contributed by atoms with van der Waals surface area (Å²) in [7, 11) is 4.13. The molecule has 7 heteroatoms. The topological polar surface area (TPSA) is 65.7 Å². The highest BCUT2D eigenvalue weighted by Gasteiger charge is 2.24. The number of unbranched alkanes of at least 4 members (excludes halogenated alkanes) is 1. The summed E-state index contributed by atoms with van der Waals surface area (Å²) < 4.78 is 0. The van der Waals surface area contributed by atoms with E-state index in [1.807, 2.05) is 6.08 Å². The summed E-state index contributed by atoms with van der Waals surface area (Å²) in [6, 6.07) is 5.34.